The van der Waals surface area contributed by atoms with E-state index in [0.717, 1.165) is 36.4 Å². The first-order valence-corrected chi connectivity index (χ1v) is 9.68. The minimum atomic E-state index is -0.0172. The number of fused-ring (bicyclic) bond motifs is 1. The molecule has 1 aromatic rings. The van der Waals surface area contributed by atoms with Crippen LogP contribution in [0.15, 0.2) is 41.3 Å². The van der Waals surface area contributed by atoms with Crippen molar-refractivity contribution in [1.29, 1.82) is 0 Å². The third kappa shape index (κ3) is 3.98. The molecule has 0 saturated carbocycles. The van der Waals surface area contributed by atoms with Crippen molar-refractivity contribution in [3.63, 3.8) is 0 Å². The maximum absolute atomic E-state index is 12.1. The predicted octanol–water partition coefficient (Wildman–Crippen LogP) is 1.41. The summed E-state index contributed by atoms with van der Waals surface area (Å²) >= 11 is 6.13. The van der Waals surface area contributed by atoms with E-state index in [2.05, 4.69) is 25.9 Å². The number of ether oxygens (including phenoxy) is 1. The van der Waals surface area contributed by atoms with Crippen molar-refractivity contribution in [3.05, 3.63) is 47.2 Å². The SMILES string of the molecule is COCC(=O)N1CCC[C@H](Nc2ccnc(C3=CNC4NC=C(Cl)C=C34)n2)C1. The fourth-order valence-electron chi connectivity index (χ4n) is 3.66. The summed E-state index contributed by atoms with van der Waals surface area (Å²) in [5.74, 6) is 1.39. The van der Waals surface area contributed by atoms with Crippen molar-refractivity contribution in [1.82, 2.24) is 25.5 Å². The topological polar surface area (TPSA) is 91.4 Å². The van der Waals surface area contributed by atoms with E-state index in [0.29, 0.717) is 17.4 Å². The van der Waals surface area contributed by atoms with Crippen molar-refractivity contribution < 1.29 is 9.53 Å². The minimum absolute atomic E-state index is 0.0172. The van der Waals surface area contributed by atoms with E-state index in [1.807, 2.05) is 23.2 Å². The van der Waals surface area contributed by atoms with Crippen LogP contribution in [0.3, 0.4) is 0 Å². The smallest absolute Gasteiger partial charge is 0.248 e. The number of hydrogen-bond acceptors (Lipinski definition) is 7. The van der Waals surface area contributed by atoms with Crippen molar-refractivity contribution in [2.24, 2.45) is 0 Å². The van der Waals surface area contributed by atoms with Crippen LogP contribution >= 0.6 is 11.6 Å². The lowest BCUT2D eigenvalue weighted by Gasteiger charge is -2.33. The molecule has 148 valence electrons. The Balaban J connectivity index is 1.46. The van der Waals surface area contributed by atoms with Gasteiger partial charge in [0, 0.05) is 56.0 Å². The molecule has 3 aliphatic rings. The van der Waals surface area contributed by atoms with Crippen LogP contribution in [-0.4, -0.2) is 59.8 Å². The van der Waals surface area contributed by atoms with Crippen LogP contribution in [0.1, 0.15) is 18.7 Å². The maximum atomic E-state index is 12.1. The highest BCUT2D eigenvalue weighted by molar-refractivity contribution is 6.31. The van der Waals surface area contributed by atoms with E-state index in [9.17, 15) is 4.79 Å². The average Bonchev–Trinajstić information content (AvgIpc) is 3.11. The normalized spacial score (nSPS) is 23.6. The number of nitrogens with zero attached hydrogens (tertiary/aromatic N) is 3. The first kappa shape index (κ1) is 18.8. The van der Waals surface area contributed by atoms with E-state index in [4.69, 9.17) is 16.3 Å². The summed E-state index contributed by atoms with van der Waals surface area (Å²) in [4.78, 5) is 23.0. The van der Waals surface area contributed by atoms with Gasteiger partial charge in [-0.3, -0.25) is 4.79 Å². The van der Waals surface area contributed by atoms with Gasteiger partial charge in [-0.05, 0) is 25.0 Å². The second kappa shape index (κ2) is 8.20. The van der Waals surface area contributed by atoms with Crippen LogP contribution in [0, 0.1) is 0 Å². The number of likely N-dealkylation sites (tertiary alicyclic amines) is 1. The summed E-state index contributed by atoms with van der Waals surface area (Å²) in [6.07, 6.45) is 9.23. The molecule has 2 atom stereocenters. The van der Waals surface area contributed by atoms with Gasteiger partial charge in [0.25, 0.3) is 0 Å². The monoisotopic (exact) mass is 402 g/mol. The molecule has 4 heterocycles. The lowest BCUT2D eigenvalue weighted by Crippen LogP contribution is -2.46. The van der Waals surface area contributed by atoms with E-state index in [-0.39, 0.29) is 24.7 Å². The van der Waals surface area contributed by atoms with Gasteiger partial charge < -0.3 is 25.6 Å². The van der Waals surface area contributed by atoms with Gasteiger partial charge in [-0.1, -0.05) is 11.6 Å². The Morgan fingerprint density at radius 2 is 2.29 bits per heavy atom. The van der Waals surface area contributed by atoms with Crippen molar-refractivity contribution in [2.45, 2.75) is 25.0 Å². The summed E-state index contributed by atoms with van der Waals surface area (Å²) in [7, 11) is 1.54. The van der Waals surface area contributed by atoms with Crippen molar-refractivity contribution >= 4 is 28.9 Å². The molecule has 1 aromatic heterocycles. The zero-order chi connectivity index (χ0) is 19.5. The summed E-state index contributed by atoms with van der Waals surface area (Å²) in [6, 6.07) is 1.99. The van der Waals surface area contributed by atoms with Gasteiger partial charge in [-0.15, -0.1) is 0 Å². The van der Waals surface area contributed by atoms with E-state index in [1.54, 1.807) is 12.4 Å². The van der Waals surface area contributed by atoms with Crippen LogP contribution in [0.2, 0.25) is 0 Å². The predicted molar refractivity (Wildman–Crippen MR) is 107 cm³/mol. The number of dihydropyridines is 1. The second-order valence-electron chi connectivity index (χ2n) is 6.98. The van der Waals surface area contributed by atoms with Gasteiger partial charge in [0.2, 0.25) is 5.91 Å². The Kier molecular flexibility index (Phi) is 5.50. The average molecular weight is 403 g/mol. The molecule has 3 N–H and O–H groups in total. The van der Waals surface area contributed by atoms with Gasteiger partial charge in [-0.2, -0.15) is 0 Å². The molecule has 0 aromatic carbocycles. The molecule has 0 radical (unpaired) electrons. The number of hydrogen-bond donors (Lipinski definition) is 3. The van der Waals surface area contributed by atoms with Gasteiger partial charge in [0.1, 0.15) is 18.6 Å². The molecule has 1 amide bonds. The third-order valence-corrected chi connectivity index (χ3v) is 5.21. The first-order valence-electron chi connectivity index (χ1n) is 9.30. The number of aromatic nitrogens is 2. The molecule has 1 fully saturated rings. The Bertz CT molecular complexity index is 853. The Morgan fingerprint density at radius 1 is 1.43 bits per heavy atom. The summed E-state index contributed by atoms with van der Waals surface area (Å²) in [5, 5.41) is 10.5. The molecule has 3 aliphatic heterocycles. The number of anilines is 1. The van der Waals surface area contributed by atoms with Crippen LogP contribution in [-0.2, 0) is 9.53 Å². The fourth-order valence-corrected chi connectivity index (χ4v) is 3.84. The van der Waals surface area contributed by atoms with E-state index >= 15 is 0 Å². The molecular weight excluding hydrogens is 380 g/mol. The Hall–Kier alpha value is -2.58. The summed E-state index contributed by atoms with van der Waals surface area (Å²) in [5.41, 5.74) is 1.92. The number of methoxy groups -OCH3 is 1. The quantitative estimate of drug-likeness (QED) is 0.685. The number of amides is 1. The van der Waals surface area contributed by atoms with Crippen molar-refractivity contribution in [2.75, 3.05) is 32.1 Å². The standard InChI is InChI=1S/C19H23ClN6O2/c1-28-11-17(27)26-6-2-3-13(10-26)24-16-4-5-21-19(25-16)15-9-23-18-14(15)7-12(20)8-22-18/h4-5,7-9,13,18,22-23H,2-3,6,10-11H2,1H3,(H,21,24,25)/t13-,18?/m0/s1. The van der Waals surface area contributed by atoms with Crippen molar-refractivity contribution in [3.8, 4) is 0 Å². The maximum Gasteiger partial charge on any atom is 0.248 e. The molecular formula is C19H23ClN6O2. The number of piperidine rings is 1. The second-order valence-corrected chi connectivity index (χ2v) is 7.41. The molecule has 0 aliphatic carbocycles. The Morgan fingerprint density at radius 3 is 3.14 bits per heavy atom. The van der Waals surface area contributed by atoms with Crippen LogP contribution in [0.25, 0.3) is 5.57 Å². The first-order chi connectivity index (χ1) is 13.6. The molecule has 0 bridgehead atoms. The third-order valence-electron chi connectivity index (χ3n) is 4.99. The number of nitrogens with one attached hydrogen (secondary N) is 3. The number of halogens is 1. The number of allylic oxidation sites excluding steroid dienone is 2. The molecule has 1 saturated heterocycles. The zero-order valence-corrected chi connectivity index (χ0v) is 16.4. The number of carbonyl (C=O) groups is 1. The van der Waals surface area contributed by atoms with Crippen LogP contribution in [0.5, 0.6) is 0 Å². The molecule has 8 nitrogen and oxygen atoms in total. The lowest BCUT2D eigenvalue weighted by atomic mass is 10.0. The molecule has 1 unspecified atom stereocenters. The van der Waals surface area contributed by atoms with Crippen LogP contribution < -0.4 is 16.0 Å². The highest BCUT2D eigenvalue weighted by Gasteiger charge is 2.28. The van der Waals surface area contributed by atoms with Crippen LogP contribution in [0.4, 0.5) is 5.82 Å². The Labute approximate surface area is 168 Å². The molecule has 9 heteroatoms. The lowest BCUT2D eigenvalue weighted by molar-refractivity contribution is -0.136. The van der Waals surface area contributed by atoms with Gasteiger partial charge in [0.05, 0.1) is 5.03 Å². The molecule has 4 rings (SSSR count). The molecule has 28 heavy (non-hydrogen) atoms. The fraction of sp³-hybridized carbons (Fsp3) is 0.421. The van der Waals surface area contributed by atoms with Gasteiger partial charge >= 0.3 is 0 Å². The highest BCUT2D eigenvalue weighted by Crippen LogP contribution is 2.31. The summed E-state index contributed by atoms with van der Waals surface area (Å²) in [6.45, 7) is 1.53. The number of rotatable bonds is 5. The number of carbonyl (C=O) groups excluding carboxylic acids is 1. The highest BCUT2D eigenvalue weighted by atomic mass is 35.5. The minimum Gasteiger partial charge on any atom is -0.375 e. The van der Waals surface area contributed by atoms with Gasteiger partial charge in [-0.25, -0.2) is 9.97 Å². The van der Waals surface area contributed by atoms with E-state index in [1.165, 1.54) is 7.11 Å². The van der Waals surface area contributed by atoms with Gasteiger partial charge in [0.15, 0.2) is 5.82 Å². The largest absolute Gasteiger partial charge is 0.375 e. The zero-order valence-electron chi connectivity index (χ0n) is 15.6. The van der Waals surface area contributed by atoms with E-state index < -0.39 is 0 Å². The molecule has 0 spiro atoms. The summed E-state index contributed by atoms with van der Waals surface area (Å²) < 4.78 is 4.97.